The minimum atomic E-state index is -0.186. The number of amides is 1. The highest BCUT2D eigenvalue weighted by molar-refractivity contribution is 5.93. The molecule has 0 spiro atoms. The van der Waals surface area contributed by atoms with E-state index >= 15 is 0 Å². The molecule has 2 aliphatic heterocycles. The second-order valence-corrected chi connectivity index (χ2v) is 7.50. The summed E-state index contributed by atoms with van der Waals surface area (Å²) in [5.41, 5.74) is 4.30. The van der Waals surface area contributed by atoms with Crippen molar-refractivity contribution in [2.45, 2.75) is 38.8 Å². The lowest BCUT2D eigenvalue weighted by molar-refractivity contribution is 0.0714. The zero-order valence-electron chi connectivity index (χ0n) is 15.4. The van der Waals surface area contributed by atoms with Crippen molar-refractivity contribution in [3.05, 3.63) is 58.7 Å². The predicted molar refractivity (Wildman–Crippen MR) is 99.4 cm³/mol. The van der Waals surface area contributed by atoms with Gasteiger partial charge >= 0.3 is 0 Å². The van der Waals surface area contributed by atoms with Gasteiger partial charge in [0.15, 0.2) is 0 Å². The maximum Gasteiger partial charge on any atom is 0.270 e. The van der Waals surface area contributed by atoms with Crippen LogP contribution in [-0.2, 0) is 26.6 Å². The van der Waals surface area contributed by atoms with Gasteiger partial charge in [0.1, 0.15) is 11.5 Å². The van der Waals surface area contributed by atoms with Crippen LogP contribution in [0.15, 0.2) is 30.3 Å². The van der Waals surface area contributed by atoms with Crippen molar-refractivity contribution in [3.8, 4) is 0 Å². The first-order valence-electron chi connectivity index (χ1n) is 9.55. The molecular formula is C21H26FN3O. The lowest BCUT2D eigenvalue weighted by atomic mass is 10.1. The van der Waals surface area contributed by atoms with Crippen molar-refractivity contribution in [1.82, 2.24) is 14.4 Å². The van der Waals surface area contributed by atoms with Crippen LogP contribution < -0.4 is 0 Å². The molecule has 0 aliphatic carbocycles. The first kappa shape index (κ1) is 17.3. The van der Waals surface area contributed by atoms with Gasteiger partial charge in [-0.1, -0.05) is 12.1 Å². The Bertz CT molecular complexity index is 808. The molecular weight excluding hydrogens is 329 g/mol. The Labute approximate surface area is 154 Å². The number of halogens is 1. The summed E-state index contributed by atoms with van der Waals surface area (Å²) in [6, 6.07) is 8.89. The second-order valence-electron chi connectivity index (χ2n) is 7.50. The molecule has 1 fully saturated rings. The van der Waals surface area contributed by atoms with E-state index in [-0.39, 0.29) is 11.7 Å². The molecule has 2 aliphatic rings. The summed E-state index contributed by atoms with van der Waals surface area (Å²) < 4.78 is 15.5. The smallest absolute Gasteiger partial charge is 0.270 e. The van der Waals surface area contributed by atoms with E-state index in [0.717, 1.165) is 63.2 Å². The van der Waals surface area contributed by atoms with Gasteiger partial charge in [0.2, 0.25) is 0 Å². The second kappa shape index (κ2) is 7.23. The van der Waals surface area contributed by atoms with Crippen LogP contribution in [-0.4, -0.2) is 39.9 Å². The number of benzene rings is 1. The van der Waals surface area contributed by atoms with Gasteiger partial charge < -0.3 is 9.47 Å². The maximum absolute atomic E-state index is 13.4. The van der Waals surface area contributed by atoms with E-state index in [2.05, 4.69) is 15.5 Å². The monoisotopic (exact) mass is 355 g/mol. The molecule has 3 heterocycles. The first-order valence-corrected chi connectivity index (χ1v) is 9.55. The number of hydrogen-bond donors (Lipinski definition) is 0. The van der Waals surface area contributed by atoms with E-state index in [1.165, 1.54) is 23.7 Å². The van der Waals surface area contributed by atoms with Gasteiger partial charge in [-0.15, -0.1) is 0 Å². The molecule has 1 aromatic heterocycles. The van der Waals surface area contributed by atoms with Crippen LogP contribution in [0.1, 0.15) is 46.6 Å². The number of nitrogens with zero attached hydrogens (tertiary/aromatic N) is 3. The van der Waals surface area contributed by atoms with Crippen LogP contribution in [0.25, 0.3) is 0 Å². The third-order valence-electron chi connectivity index (χ3n) is 5.66. The Morgan fingerprint density at radius 3 is 2.69 bits per heavy atom. The van der Waals surface area contributed by atoms with Crippen LogP contribution >= 0.6 is 0 Å². The standard InChI is InChI=1S/C21H26FN3O/c1-23-19-8-11-24(14-16-6-5-7-18(22)12-16)15-17(19)13-20(23)21(26)25-9-3-2-4-10-25/h5-7,12-13H,2-4,8-11,14-15H2,1H3. The number of aromatic nitrogens is 1. The van der Waals surface area contributed by atoms with Crippen LogP contribution in [0, 0.1) is 5.82 Å². The average Bonchev–Trinajstić information content (AvgIpc) is 2.98. The van der Waals surface area contributed by atoms with Crippen molar-refractivity contribution in [2.75, 3.05) is 19.6 Å². The van der Waals surface area contributed by atoms with Crippen molar-refractivity contribution >= 4 is 5.91 Å². The molecule has 0 atom stereocenters. The fourth-order valence-electron chi connectivity index (χ4n) is 4.25. The molecule has 4 nitrogen and oxygen atoms in total. The van der Waals surface area contributed by atoms with Crippen LogP contribution in [0.5, 0.6) is 0 Å². The van der Waals surface area contributed by atoms with E-state index in [1.54, 1.807) is 12.1 Å². The van der Waals surface area contributed by atoms with Crippen LogP contribution in [0.3, 0.4) is 0 Å². The Morgan fingerprint density at radius 1 is 1.12 bits per heavy atom. The Morgan fingerprint density at radius 2 is 1.92 bits per heavy atom. The fourth-order valence-corrected chi connectivity index (χ4v) is 4.25. The van der Waals surface area contributed by atoms with E-state index < -0.39 is 0 Å². The number of piperidine rings is 1. The lowest BCUT2D eigenvalue weighted by Crippen LogP contribution is -2.36. The number of carbonyl (C=O) groups is 1. The Kier molecular flexibility index (Phi) is 4.81. The van der Waals surface area contributed by atoms with Gasteiger partial charge in [0.25, 0.3) is 5.91 Å². The molecule has 1 saturated heterocycles. The Balaban J connectivity index is 1.50. The normalized spacial score (nSPS) is 18.0. The maximum atomic E-state index is 13.4. The number of hydrogen-bond acceptors (Lipinski definition) is 2. The van der Waals surface area contributed by atoms with Gasteiger partial charge in [-0.3, -0.25) is 9.69 Å². The van der Waals surface area contributed by atoms with Gasteiger partial charge in [-0.25, -0.2) is 4.39 Å². The number of rotatable bonds is 3. The molecule has 1 aromatic carbocycles. The van der Waals surface area contributed by atoms with Crippen molar-refractivity contribution in [3.63, 3.8) is 0 Å². The van der Waals surface area contributed by atoms with E-state index in [1.807, 2.05) is 18.0 Å². The lowest BCUT2D eigenvalue weighted by Gasteiger charge is -2.28. The van der Waals surface area contributed by atoms with Crippen molar-refractivity contribution in [2.24, 2.45) is 7.05 Å². The minimum Gasteiger partial charge on any atom is -0.343 e. The summed E-state index contributed by atoms with van der Waals surface area (Å²) in [5.74, 6) is -0.0207. The van der Waals surface area contributed by atoms with Gasteiger partial charge in [0.05, 0.1) is 0 Å². The zero-order chi connectivity index (χ0) is 18.1. The van der Waals surface area contributed by atoms with Gasteiger partial charge in [-0.2, -0.15) is 0 Å². The summed E-state index contributed by atoms with van der Waals surface area (Å²) in [5, 5.41) is 0. The summed E-state index contributed by atoms with van der Waals surface area (Å²) >= 11 is 0. The molecule has 0 N–H and O–H groups in total. The summed E-state index contributed by atoms with van der Waals surface area (Å²) in [7, 11) is 2.01. The molecule has 0 unspecified atom stereocenters. The average molecular weight is 355 g/mol. The molecule has 138 valence electrons. The molecule has 1 amide bonds. The van der Waals surface area contributed by atoms with Crippen LogP contribution in [0.2, 0.25) is 0 Å². The Hall–Kier alpha value is -2.14. The highest BCUT2D eigenvalue weighted by atomic mass is 19.1. The molecule has 26 heavy (non-hydrogen) atoms. The topological polar surface area (TPSA) is 28.5 Å². The minimum absolute atomic E-state index is 0.165. The number of carbonyl (C=O) groups excluding carboxylic acids is 1. The molecule has 0 radical (unpaired) electrons. The molecule has 0 bridgehead atoms. The number of likely N-dealkylation sites (tertiary alicyclic amines) is 1. The predicted octanol–water partition coefficient (Wildman–Crippen LogP) is 3.35. The van der Waals surface area contributed by atoms with E-state index in [9.17, 15) is 9.18 Å². The largest absolute Gasteiger partial charge is 0.343 e. The van der Waals surface area contributed by atoms with Gasteiger partial charge in [-0.05, 0) is 48.6 Å². The SMILES string of the molecule is Cn1c(C(=O)N2CCCCC2)cc2c1CCN(Cc1cccc(F)c1)C2. The highest BCUT2D eigenvalue weighted by Crippen LogP contribution is 2.25. The highest BCUT2D eigenvalue weighted by Gasteiger charge is 2.26. The fraction of sp³-hybridized carbons (Fsp3) is 0.476. The molecule has 5 heteroatoms. The molecule has 4 rings (SSSR count). The third kappa shape index (κ3) is 3.40. The summed E-state index contributed by atoms with van der Waals surface area (Å²) in [4.78, 5) is 17.2. The van der Waals surface area contributed by atoms with Crippen LogP contribution in [0.4, 0.5) is 4.39 Å². The van der Waals surface area contributed by atoms with Crippen molar-refractivity contribution in [1.29, 1.82) is 0 Å². The van der Waals surface area contributed by atoms with E-state index in [4.69, 9.17) is 0 Å². The van der Waals surface area contributed by atoms with Crippen molar-refractivity contribution < 1.29 is 9.18 Å². The van der Waals surface area contributed by atoms with Gasteiger partial charge in [0, 0.05) is 51.9 Å². The molecule has 0 saturated carbocycles. The number of fused-ring (bicyclic) bond motifs is 1. The third-order valence-corrected chi connectivity index (χ3v) is 5.66. The summed E-state index contributed by atoms with van der Waals surface area (Å²) in [6.45, 7) is 4.23. The summed E-state index contributed by atoms with van der Waals surface area (Å²) in [6.07, 6.45) is 4.37. The first-order chi connectivity index (χ1) is 12.6. The zero-order valence-corrected chi connectivity index (χ0v) is 15.4. The quantitative estimate of drug-likeness (QED) is 0.845. The van der Waals surface area contributed by atoms with E-state index in [0.29, 0.717) is 0 Å². The molecule has 2 aromatic rings.